The van der Waals surface area contributed by atoms with E-state index in [0.717, 1.165) is 31.2 Å². The van der Waals surface area contributed by atoms with E-state index in [1.165, 1.54) is 4.68 Å². The van der Waals surface area contributed by atoms with Gasteiger partial charge >= 0.3 is 5.92 Å². The van der Waals surface area contributed by atoms with E-state index in [4.69, 9.17) is 11.6 Å². The van der Waals surface area contributed by atoms with Crippen LogP contribution in [0.25, 0.3) is 16.7 Å². The number of hydrogen-bond acceptors (Lipinski definition) is 6. The van der Waals surface area contributed by atoms with Gasteiger partial charge in [0.25, 0.3) is 0 Å². The van der Waals surface area contributed by atoms with Gasteiger partial charge in [-0.3, -0.25) is 0 Å². The first kappa shape index (κ1) is 18.9. The van der Waals surface area contributed by atoms with Gasteiger partial charge in [-0.25, -0.2) is 19.6 Å². The van der Waals surface area contributed by atoms with E-state index in [0.29, 0.717) is 22.4 Å². The molecule has 0 atom stereocenters. The summed E-state index contributed by atoms with van der Waals surface area (Å²) in [6.45, 7) is 4.07. The minimum Gasteiger partial charge on any atom is -0.351 e. The monoisotopic (exact) mass is 407 g/mol. The average Bonchev–Trinajstić information content (AvgIpc) is 2.90. The minimum absolute atomic E-state index is 0.271. The van der Waals surface area contributed by atoms with Crippen LogP contribution >= 0.6 is 11.6 Å². The minimum atomic E-state index is -3.15. The van der Waals surface area contributed by atoms with Gasteiger partial charge in [0, 0.05) is 50.1 Å². The summed E-state index contributed by atoms with van der Waals surface area (Å²) in [5, 5.41) is 5.76. The van der Waals surface area contributed by atoms with E-state index in [1.807, 2.05) is 14.1 Å². The Labute approximate surface area is 166 Å². The molecule has 1 fully saturated rings. The topological polar surface area (TPSA) is 63.0 Å². The lowest BCUT2D eigenvalue weighted by atomic mass is 10.1. The second-order valence-electron chi connectivity index (χ2n) is 7.36. The second-order valence-corrected chi connectivity index (χ2v) is 7.75. The zero-order valence-corrected chi connectivity index (χ0v) is 16.7. The van der Waals surface area contributed by atoms with Gasteiger partial charge in [0.2, 0.25) is 5.82 Å². The maximum atomic E-state index is 13.8. The van der Waals surface area contributed by atoms with Crippen molar-refractivity contribution < 1.29 is 8.78 Å². The predicted octanol–water partition coefficient (Wildman–Crippen LogP) is 3.03. The molecule has 0 saturated carbocycles. The Kier molecular flexibility index (Phi) is 4.46. The number of rotatable bonds is 4. The highest BCUT2D eigenvalue weighted by molar-refractivity contribution is 6.30. The van der Waals surface area contributed by atoms with E-state index in [1.54, 1.807) is 25.3 Å². The van der Waals surface area contributed by atoms with Crippen LogP contribution in [0.4, 0.5) is 14.6 Å². The normalized spacial score (nSPS) is 15.5. The number of alkyl halides is 2. The Balaban J connectivity index is 1.84. The molecule has 28 heavy (non-hydrogen) atoms. The first-order chi connectivity index (χ1) is 13.1. The Hall–Kier alpha value is -2.39. The number of fused-ring (bicyclic) bond motifs is 1. The predicted molar refractivity (Wildman–Crippen MR) is 103 cm³/mol. The van der Waals surface area contributed by atoms with E-state index in [-0.39, 0.29) is 5.82 Å². The van der Waals surface area contributed by atoms with Gasteiger partial charge in [-0.15, -0.1) is 5.10 Å². The molecule has 1 aliphatic rings. The van der Waals surface area contributed by atoms with Gasteiger partial charge in [-0.1, -0.05) is 11.6 Å². The molecule has 0 N–H and O–H groups in total. The van der Waals surface area contributed by atoms with Crippen molar-refractivity contribution in [3.63, 3.8) is 0 Å². The fraction of sp³-hybridized carbons (Fsp3) is 0.444. The molecule has 7 nitrogen and oxygen atoms in total. The molecule has 0 bridgehead atoms. The van der Waals surface area contributed by atoms with Gasteiger partial charge in [-0.2, -0.15) is 8.78 Å². The van der Waals surface area contributed by atoms with Crippen LogP contribution in [-0.2, 0) is 5.92 Å². The molecule has 0 amide bonds. The summed E-state index contributed by atoms with van der Waals surface area (Å²) in [6, 6.07) is 3.73. The van der Waals surface area contributed by atoms with Crippen molar-refractivity contribution in [1.29, 1.82) is 0 Å². The van der Waals surface area contributed by atoms with Crippen LogP contribution in [-0.4, -0.2) is 62.9 Å². The lowest BCUT2D eigenvalue weighted by Crippen LogP contribution is -2.57. The molecule has 4 heterocycles. The molecule has 4 rings (SSSR count). The SMILES string of the molecule is Cc1cc(-n2nc(N3CC(N(C)C)C3)c3cnc(Cl)cc32)nc(C(C)(F)F)n1. The number of aryl methyl sites for hydroxylation is 1. The number of hydrogen-bond donors (Lipinski definition) is 0. The Morgan fingerprint density at radius 1 is 1.21 bits per heavy atom. The number of likely N-dealkylation sites (N-methyl/N-ethyl adjacent to an activating group) is 1. The Morgan fingerprint density at radius 2 is 1.93 bits per heavy atom. The van der Waals surface area contributed by atoms with Crippen molar-refractivity contribution in [3.8, 4) is 5.82 Å². The largest absolute Gasteiger partial charge is 0.351 e. The molecule has 3 aromatic rings. The first-order valence-electron chi connectivity index (χ1n) is 8.83. The molecule has 148 valence electrons. The highest BCUT2D eigenvalue weighted by Gasteiger charge is 2.33. The fourth-order valence-corrected chi connectivity index (χ4v) is 3.34. The van der Waals surface area contributed by atoms with Crippen LogP contribution in [0.3, 0.4) is 0 Å². The molecular weight excluding hydrogens is 388 g/mol. The highest BCUT2D eigenvalue weighted by Crippen LogP contribution is 2.33. The third-order valence-electron chi connectivity index (χ3n) is 4.86. The van der Waals surface area contributed by atoms with Crippen LogP contribution in [0.15, 0.2) is 18.3 Å². The van der Waals surface area contributed by atoms with Crippen molar-refractivity contribution in [1.82, 2.24) is 29.6 Å². The van der Waals surface area contributed by atoms with Gasteiger partial charge < -0.3 is 9.80 Å². The highest BCUT2D eigenvalue weighted by atomic mass is 35.5. The number of pyridine rings is 1. The van der Waals surface area contributed by atoms with E-state index >= 15 is 0 Å². The van der Waals surface area contributed by atoms with Crippen molar-refractivity contribution in [3.05, 3.63) is 35.0 Å². The molecular formula is C18H20ClF2N7. The maximum absolute atomic E-state index is 13.8. The van der Waals surface area contributed by atoms with Crippen molar-refractivity contribution in [2.45, 2.75) is 25.8 Å². The molecule has 0 unspecified atom stereocenters. The van der Waals surface area contributed by atoms with E-state index in [9.17, 15) is 8.78 Å². The van der Waals surface area contributed by atoms with Gasteiger partial charge in [0.15, 0.2) is 11.6 Å². The zero-order valence-electron chi connectivity index (χ0n) is 16.0. The average molecular weight is 408 g/mol. The number of nitrogens with zero attached hydrogens (tertiary/aromatic N) is 7. The molecule has 1 aliphatic heterocycles. The molecule has 0 radical (unpaired) electrons. The van der Waals surface area contributed by atoms with E-state index < -0.39 is 11.7 Å². The lowest BCUT2D eigenvalue weighted by molar-refractivity contribution is 0.00747. The smallest absolute Gasteiger partial charge is 0.303 e. The summed E-state index contributed by atoms with van der Waals surface area (Å²) >= 11 is 6.09. The third kappa shape index (κ3) is 3.29. The van der Waals surface area contributed by atoms with Crippen LogP contribution in [0.5, 0.6) is 0 Å². The lowest BCUT2D eigenvalue weighted by Gasteiger charge is -2.43. The standard InChI is InChI=1S/C18H20ClF2N7/c1-10-5-15(24-17(23-10)18(2,20)21)28-13-6-14(19)22-7-12(13)16(25-28)27-8-11(9-27)26(3)4/h5-7,11H,8-9H2,1-4H3. The third-order valence-corrected chi connectivity index (χ3v) is 5.06. The number of aromatic nitrogens is 5. The molecule has 1 saturated heterocycles. The Morgan fingerprint density at radius 3 is 2.57 bits per heavy atom. The summed E-state index contributed by atoms with van der Waals surface area (Å²) < 4.78 is 29.2. The van der Waals surface area contributed by atoms with Crippen LogP contribution in [0.1, 0.15) is 18.4 Å². The fourth-order valence-electron chi connectivity index (χ4n) is 3.19. The summed E-state index contributed by atoms with van der Waals surface area (Å²) in [7, 11) is 4.08. The van der Waals surface area contributed by atoms with Crippen molar-refractivity contribution in [2.24, 2.45) is 0 Å². The Bertz CT molecular complexity index is 1040. The molecule has 0 aliphatic carbocycles. The van der Waals surface area contributed by atoms with Gasteiger partial charge in [0.05, 0.1) is 10.9 Å². The number of halogens is 3. The van der Waals surface area contributed by atoms with Crippen LogP contribution in [0, 0.1) is 6.92 Å². The summed E-state index contributed by atoms with van der Waals surface area (Å²) in [5.41, 5.74) is 1.09. The maximum Gasteiger partial charge on any atom is 0.303 e. The van der Waals surface area contributed by atoms with Crippen LogP contribution in [0.2, 0.25) is 5.15 Å². The molecule has 10 heteroatoms. The van der Waals surface area contributed by atoms with E-state index in [2.05, 4.69) is 29.9 Å². The number of anilines is 1. The molecule has 0 aromatic carbocycles. The first-order valence-corrected chi connectivity index (χ1v) is 9.21. The van der Waals surface area contributed by atoms with Crippen molar-refractivity contribution in [2.75, 3.05) is 32.1 Å². The van der Waals surface area contributed by atoms with Gasteiger partial charge in [0.1, 0.15) is 5.15 Å². The second kappa shape index (κ2) is 6.59. The summed E-state index contributed by atoms with van der Waals surface area (Å²) in [4.78, 5) is 16.4. The summed E-state index contributed by atoms with van der Waals surface area (Å²) in [5.74, 6) is -2.68. The zero-order chi connectivity index (χ0) is 20.2. The summed E-state index contributed by atoms with van der Waals surface area (Å²) in [6.07, 6.45) is 1.66. The van der Waals surface area contributed by atoms with Crippen molar-refractivity contribution >= 4 is 28.3 Å². The quantitative estimate of drug-likeness (QED) is 0.619. The molecule has 3 aromatic heterocycles. The van der Waals surface area contributed by atoms with Gasteiger partial charge in [-0.05, 0) is 21.0 Å². The van der Waals surface area contributed by atoms with Crippen LogP contribution < -0.4 is 4.90 Å². The molecule has 0 spiro atoms.